The van der Waals surface area contributed by atoms with Crippen LogP contribution in [0.1, 0.15) is 5.56 Å². The standard InChI is InChI=1S/C15H13BrFNO2/c1-10-8-13(6-7-14(10)17)20-9-15(19)18-12-4-2-11(16)3-5-12/h2-8H,9H2,1H3,(H,18,19). The SMILES string of the molecule is Cc1cc(OCC(=O)Nc2ccc(Br)cc2)ccc1F. The van der Waals surface area contributed by atoms with Crippen LogP contribution in [0.4, 0.5) is 10.1 Å². The van der Waals surface area contributed by atoms with Crippen LogP contribution >= 0.6 is 15.9 Å². The molecule has 0 atom stereocenters. The first-order valence-electron chi connectivity index (χ1n) is 5.99. The highest BCUT2D eigenvalue weighted by molar-refractivity contribution is 9.10. The van der Waals surface area contributed by atoms with E-state index in [1.165, 1.54) is 12.1 Å². The zero-order valence-corrected chi connectivity index (χ0v) is 12.4. The van der Waals surface area contributed by atoms with Crippen LogP contribution in [0.3, 0.4) is 0 Å². The number of hydrogen-bond donors (Lipinski definition) is 1. The smallest absolute Gasteiger partial charge is 0.262 e. The van der Waals surface area contributed by atoms with Crippen LogP contribution < -0.4 is 10.1 Å². The minimum absolute atomic E-state index is 0.124. The normalized spacial score (nSPS) is 10.2. The summed E-state index contributed by atoms with van der Waals surface area (Å²) in [6, 6.07) is 11.6. The Balaban J connectivity index is 1.88. The molecule has 0 saturated carbocycles. The topological polar surface area (TPSA) is 38.3 Å². The third-order valence-corrected chi connectivity index (χ3v) is 3.16. The van der Waals surface area contributed by atoms with E-state index in [1.54, 1.807) is 25.1 Å². The minimum atomic E-state index is -0.295. The molecule has 0 spiro atoms. The number of ether oxygens (including phenoxy) is 1. The van der Waals surface area contributed by atoms with Gasteiger partial charge >= 0.3 is 0 Å². The molecule has 20 heavy (non-hydrogen) atoms. The molecule has 5 heteroatoms. The molecule has 1 amide bonds. The lowest BCUT2D eigenvalue weighted by Crippen LogP contribution is -2.20. The molecule has 104 valence electrons. The molecule has 3 nitrogen and oxygen atoms in total. The average Bonchev–Trinajstić information content (AvgIpc) is 2.43. The summed E-state index contributed by atoms with van der Waals surface area (Å²) < 4.78 is 19.3. The molecule has 0 aliphatic rings. The highest BCUT2D eigenvalue weighted by atomic mass is 79.9. The van der Waals surface area contributed by atoms with Gasteiger partial charge in [0.2, 0.25) is 0 Å². The van der Waals surface area contributed by atoms with E-state index in [0.29, 0.717) is 17.0 Å². The number of rotatable bonds is 4. The third-order valence-electron chi connectivity index (χ3n) is 2.63. The molecule has 0 aromatic heterocycles. The number of carbonyl (C=O) groups excluding carboxylic acids is 1. The Morgan fingerprint density at radius 1 is 1.25 bits per heavy atom. The number of benzene rings is 2. The second-order valence-electron chi connectivity index (χ2n) is 4.25. The van der Waals surface area contributed by atoms with E-state index in [1.807, 2.05) is 12.1 Å². The van der Waals surface area contributed by atoms with Gasteiger partial charge in [0.25, 0.3) is 5.91 Å². The molecule has 0 saturated heterocycles. The fraction of sp³-hybridized carbons (Fsp3) is 0.133. The zero-order chi connectivity index (χ0) is 14.5. The lowest BCUT2D eigenvalue weighted by molar-refractivity contribution is -0.118. The third kappa shape index (κ3) is 4.06. The summed E-state index contributed by atoms with van der Waals surface area (Å²) in [5, 5.41) is 2.71. The number of nitrogens with one attached hydrogen (secondary N) is 1. The summed E-state index contributed by atoms with van der Waals surface area (Å²) in [6.45, 7) is 1.52. The molecule has 2 aromatic carbocycles. The van der Waals surface area contributed by atoms with E-state index in [0.717, 1.165) is 4.47 Å². The van der Waals surface area contributed by atoms with E-state index in [2.05, 4.69) is 21.2 Å². The molecule has 2 aromatic rings. The van der Waals surface area contributed by atoms with Gasteiger partial charge in [-0.1, -0.05) is 15.9 Å². The fourth-order valence-electron chi connectivity index (χ4n) is 1.59. The molecule has 0 radical (unpaired) electrons. The van der Waals surface area contributed by atoms with Crippen LogP contribution in [0.5, 0.6) is 5.75 Å². The predicted molar refractivity (Wildman–Crippen MR) is 79.4 cm³/mol. The lowest BCUT2D eigenvalue weighted by Gasteiger charge is -2.08. The largest absolute Gasteiger partial charge is 0.484 e. The van der Waals surface area contributed by atoms with Crippen LogP contribution in [-0.2, 0) is 4.79 Å². The molecule has 0 heterocycles. The van der Waals surface area contributed by atoms with Crippen LogP contribution in [0.2, 0.25) is 0 Å². The summed E-state index contributed by atoms with van der Waals surface area (Å²) in [6.07, 6.45) is 0. The number of anilines is 1. The lowest BCUT2D eigenvalue weighted by atomic mass is 10.2. The number of hydrogen-bond acceptors (Lipinski definition) is 2. The quantitative estimate of drug-likeness (QED) is 0.918. The molecule has 0 fully saturated rings. The van der Waals surface area contributed by atoms with Crippen LogP contribution in [0, 0.1) is 12.7 Å². The molecule has 0 aliphatic carbocycles. The Morgan fingerprint density at radius 3 is 2.60 bits per heavy atom. The van der Waals surface area contributed by atoms with Gasteiger partial charge in [-0.05, 0) is 55.0 Å². The van der Waals surface area contributed by atoms with Gasteiger partial charge < -0.3 is 10.1 Å². The predicted octanol–water partition coefficient (Wildman–Crippen LogP) is 3.91. The van der Waals surface area contributed by atoms with Crippen molar-refractivity contribution in [2.45, 2.75) is 6.92 Å². The highest BCUT2D eigenvalue weighted by Crippen LogP contribution is 2.16. The van der Waals surface area contributed by atoms with Gasteiger partial charge in [-0.25, -0.2) is 4.39 Å². The molecule has 0 bridgehead atoms. The first-order valence-corrected chi connectivity index (χ1v) is 6.78. The Bertz CT molecular complexity index is 614. The van der Waals surface area contributed by atoms with Crippen LogP contribution in [-0.4, -0.2) is 12.5 Å². The molecule has 0 aliphatic heterocycles. The van der Waals surface area contributed by atoms with Gasteiger partial charge in [-0.3, -0.25) is 4.79 Å². The second kappa shape index (κ2) is 6.52. The van der Waals surface area contributed by atoms with Crippen LogP contribution in [0.15, 0.2) is 46.9 Å². The van der Waals surface area contributed by atoms with Gasteiger partial charge in [0.05, 0.1) is 0 Å². The van der Waals surface area contributed by atoms with Crippen molar-refractivity contribution in [1.29, 1.82) is 0 Å². The maximum Gasteiger partial charge on any atom is 0.262 e. The molecular formula is C15H13BrFNO2. The van der Waals surface area contributed by atoms with Gasteiger partial charge in [0.1, 0.15) is 11.6 Å². The summed E-state index contributed by atoms with van der Waals surface area (Å²) >= 11 is 3.32. The first-order chi connectivity index (χ1) is 9.54. The van der Waals surface area contributed by atoms with Crippen molar-refractivity contribution in [3.05, 3.63) is 58.3 Å². The molecule has 2 rings (SSSR count). The molecular weight excluding hydrogens is 325 g/mol. The van der Waals surface area contributed by atoms with Crippen molar-refractivity contribution >= 4 is 27.5 Å². The first kappa shape index (κ1) is 14.5. The summed E-state index contributed by atoms with van der Waals surface area (Å²) in [5.74, 6) is -0.0965. The van der Waals surface area contributed by atoms with E-state index in [9.17, 15) is 9.18 Å². The van der Waals surface area contributed by atoms with Crippen molar-refractivity contribution in [3.63, 3.8) is 0 Å². The van der Waals surface area contributed by atoms with Crippen molar-refractivity contribution < 1.29 is 13.9 Å². The van der Waals surface area contributed by atoms with Crippen molar-refractivity contribution in [2.24, 2.45) is 0 Å². The Hall–Kier alpha value is -1.88. The Kier molecular flexibility index (Phi) is 4.74. The summed E-state index contributed by atoms with van der Waals surface area (Å²) in [5.41, 5.74) is 1.17. The van der Waals surface area contributed by atoms with Crippen molar-refractivity contribution in [3.8, 4) is 5.75 Å². The zero-order valence-electron chi connectivity index (χ0n) is 10.8. The second-order valence-corrected chi connectivity index (χ2v) is 5.17. The van der Waals surface area contributed by atoms with Crippen molar-refractivity contribution in [1.82, 2.24) is 0 Å². The van der Waals surface area contributed by atoms with Gasteiger partial charge in [-0.15, -0.1) is 0 Å². The maximum absolute atomic E-state index is 13.1. The molecule has 1 N–H and O–H groups in total. The minimum Gasteiger partial charge on any atom is -0.484 e. The number of carbonyl (C=O) groups is 1. The van der Waals surface area contributed by atoms with Crippen molar-refractivity contribution in [2.75, 3.05) is 11.9 Å². The van der Waals surface area contributed by atoms with E-state index in [-0.39, 0.29) is 18.3 Å². The monoisotopic (exact) mass is 337 g/mol. The van der Waals surface area contributed by atoms with E-state index < -0.39 is 0 Å². The van der Waals surface area contributed by atoms with E-state index in [4.69, 9.17) is 4.74 Å². The van der Waals surface area contributed by atoms with Gasteiger partial charge in [0.15, 0.2) is 6.61 Å². The fourth-order valence-corrected chi connectivity index (χ4v) is 1.85. The van der Waals surface area contributed by atoms with E-state index >= 15 is 0 Å². The van der Waals surface area contributed by atoms with Gasteiger partial charge in [0, 0.05) is 10.2 Å². The number of halogens is 2. The highest BCUT2D eigenvalue weighted by Gasteiger charge is 2.05. The van der Waals surface area contributed by atoms with Crippen LogP contribution in [0.25, 0.3) is 0 Å². The summed E-state index contributed by atoms with van der Waals surface area (Å²) in [7, 11) is 0. The van der Waals surface area contributed by atoms with Gasteiger partial charge in [-0.2, -0.15) is 0 Å². The number of aryl methyl sites for hydroxylation is 1. The number of amides is 1. The molecule has 0 unspecified atom stereocenters. The maximum atomic E-state index is 13.1. The average molecular weight is 338 g/mol. The Morgan fingerprint density at radius 2 is 1.95 bits per heavy atom. The Labute approximate surface area is 124 Å². The summed E-state index contributed by atoms with van der Waals surface area (Å²) in [4.78, 5) is 11.7.